The van der Waals surface area contributed by atoms with E-state index in [9.17, 15) is 0 Å². The third-order valence-electron chi connectivity index (χ3n) is 3.24. The predicted molar refractivity (Wildman–Crippen MR) is 70.9 cm³/mol. The molecule has 2 rings (SSSR count). The lowest BCUT2D eigenvalue weighted by molar-refractivity contribution is 0.263. The maximum absolute atomic E-state index is 8.94. The van der Waals surface area contributed by atoms with Crippen molar-refractivity contribution in [2.24, 2.45) is 5.92 Å². The van der Waals surface area contributed by atoms with Crippen molar-refractivity contribution in [3.63, 3.8) is 0 Å². The number of halogens is 1. The Hall–Kier alpha value is -1.05. The quantitative estimate of drug-likeness (QED) is 0.932. The van der Waals surface area contributed by atoms with Crippen molar-refractivity contribution in [3.8, 4) is 6.07 Å². The molecule has 0 saturated carbocycles. The first-order valence-corrected chi connectivity index (χ1v) is 6.59. The van der Waals surface area contributed by atoms with Gasteiger partial charge in [0, 0.05) is 24.2 Å². The van der Waals surface area contributed by atoms with Gasteiger partial charge in [0.05, 0.1) is 17.3 Å². The molecule has 0 aromatic heterocycles. The van der Waals surface area contributed by atoms with E-state index in [2.05, 4.69) is 26.9 Å². The Bertz CT molecular complexity index is 442. The molecule has 1 N–H and O–H groups in total. The van der Waals surface area contributed by atoms with Crippen LogP contribution in [0.4, 0.5) is 5.69 Å². The average Bonchev–Trinajstić information content (AvgIpc) is 2.78. The van der Waals surface area contributed by atoms with E-state index in [4.69, 9.17) is 10.4 Å². The highest BCUT2D eigenvalue weighted by molar-refractivity contribution is 9.10. The van der Waals surface area contributed by atoms with Crippen molar-refractivity contribution < 1.29 is 5.11 Å². The summed E-state index contributed by atoms with van der Waals surface area (Å²) in [5.74, 6) is 0.586. The number of hydrogen-bond donors (Lipinski definition) is 1. The van der Waals surface area contributed by atoms with Crippen LogP contribution in [0.25, 0.3) is 0 Å². The van der Waals surface area contributed by atoms with Crippen molar-refractivity contribution in [3.05, 3.63) is 28.2 Å². The highest BCUT2D eigenvalue weighted by Gasteiger charge is 2.23. The van der Waals surface area contributed by atoms with E-state index in [0.29, 0.717) is 11.5 Å². The summed E-state index contributed by atoms with van der Waals surface area (Å²) in [6.45, 7) is 2.28. The number of benzene rings is 1. The minimum Gasteiger partial charge on any atom is -0.396 e. The third-order valence-corrected chi connectivity index (χ3v) is 3.88. The second-order valence-corrected chi connectivity index (χ2v) is 5.25. The van der Waals surface area contributed by atoms with Crippen LogP contribution in [0.1, 0.15) is 18.4 Å². The summed E-state index contributed by atoms with van der Waals surface area (Å²) in [5.41, 5.74) is 1.82. The summed E-state index contributed by atoms with van der Waals surface area (Å²) >= 11 is 3.51. The number of aliphatic hydroxyl groups is 1. The zero-order valence-corrected chi connectivity index (χ0v) is 11.2. The standard InChI is InChI=1S/C13H15BrN2O/c14-12-7-11(8-15)1-2-13(12)16-5-3-10(9-16)4-6-17/h1-2,7,10,17H,3-6,9H2. The molecular weight excluding hydrogens is 280 g/mol. The lowest BCUT2D eigenvalue weighted by Gasteiger charge is -2.20. The molecule has 1 saturated heterocycles. The number of nitrogens with zero attached hydrogens (tertiary/aromatic N) is 2. The van der Waals surface area contributed by atoms with Gasteiger partial charge >= 0.3 is 0 Å². The SMILES string of the molecule is N#Cc1ccc(N2CCC(CCO)C2)c(Br)c1. The van der Waals surface area contributed by atoms with Gasteiger partial charge in [-0.1, -0.05) is 0 Å². The van der Waals surface area contributed by atoms with Gasteiger partial charge in [-0.2, -0.15) is 5.26 Å². The number of nitriles is 1. The molecular formula is C13H15BrN2O. The maximum atomic E-state index is 8.94. The summed E-state index contributed by atoms with van der Waals surface area (Å²) in [5, 5.41) is 17.8. The minimum atomic E-state index is 0.271. The van der Waals surface area contributed by atoms with Gasteiger partial charge in [0.15, 0.2) is 0 Å². The van der Waals surface area contributed by atoms with Gasteiger partial charge in [-0.25, -0.2) is 0 Å². The molecule has 0 bridgehead atoms. The van der Waals surface area contributed by atoms with Gasteiger partial charge < -0.3 is 10.0 Å². The predicted octanol–water partition coefficient (Wildman–Crippen LogP) is 2.53. The highest BCUT2D eigenvalue weighted by Crippen LogP contribution is 2.32. The summed E-state index contributed by atoms with van der Waals surface area (Å²) in [4.78, 5) is 2.31. The first-order valence-electron chi connectivity index (χ1n) is 5.80. The second-order valence-electron chi connectivity index (χ2n) is 4.39. The van der Waals surface area contributed by atoms with Crippen LogP contribution in [-0.2, 0) is 0 Å². The Morgan fingerprint density at radius 1 is 1.53 bits per heavy atom. The van der Waals surface area contributed by atoms with Crippen molar-refractivity contribution in [2.75, 3.05) is 24.6 Å². The normalized spacial score (nSPS) is 19.4. The van der Waals surface area contributed by atoms with Gasteiger partial charge in [0.2, 0.25) is 0 Å². The van der Waals surface area contributed by atoms with E-state index >= 15 is 0 Å². The molecule has 4 heteroatoms. The van der Waals surface area contributed by atoms with Gasteiger partial charge in [-0.3, -0.25) is 0 Å². The molecule has 1 heterocycles. The van der Waals surface area contributed by atoms with E-state index in [1.807, 2.05) is 18.2 Å². The van der Waals surface area contributed by atoms with Crippen LogP contribution in [0.2, 0.25) is 0 Å². The average molecular weight is 295 g/mol. The monoisotopic (exact) mass is 294 g/mol. The van der Waals surface area contributed by atoms with Gasteiger partial charge in [0.25, 0.3) is 0 Å². The van der Waals surface area contributed by atoms with Crippen molar-refractivity contribution in [2.45, 2.75) is 12.8 Å². The molecule has 3 nitrogen and oxygen atoms in total. The summed E-state index contributed by atoms with van der Waals surface area (Å²) < 4.78 is 0.973. The Morgan fingerprint density at radius 3 is 3.00 bits per heavy atom. The van der Waals surface area contributed by atoms with E-state index in [1.165, 1.54) is 0 Å². The Kier molecular flexibility index (Phi) is 4.03. The van der Waals surface area contributed by atoms with E-state index in [-0.39, 0.29) is 6.61 Å². The smallest absolute Gasteiger partial charge is 0.0992 e. The Morgan fingerprint density at radius 2 is 2.35 bits per heavy atom. The molecule has 1 aromatic carbocycles. The van der Waals surface area contributed by atoms with Crippen LogP contribution in [0.5, 0.6) is 0 Å². The summed E-state index contributed by atoms with van der Waals surface area (Å²) in [6, 6.07) is 7.83. The molecule has 90 valence electrons. The molecule has 1 aliphatic heterocycles. The number of anilines is 1. The highest BCUT2D eigenvalue weighted by atomic mass is 79.9. The molecule has 1 unspecified atom stereocenters. The molecule has 1 aliphatic rings. The number of rotatable bonds is 3. The number of aliphatic hydroxyl groups excluding tert-OH is 1. The zero-order chi connectivity index (χ0) is 12.3. The molecule has 0 aliphatic carbocycles. The summed E-state index contributed by atoms with van der Waals surface area (Å²) in [6.07, 6.45) is 2.01. The molecule has 1 atom stereocenters. The topological polar surface area (TPSA) is 47.3 Å². The van der Waals surface area contributed by atoms with Gasteiger partial charge in [0.1, 0.15) is 0 Å². The van der Waals surface area contributed by atoms with Crippen molar-refractivity contribution in [1.29, 1.82) is 5.26 Å². The molecule has 0 spiro atoms. The van der Waals surface area contributed by atoms with Crippen LogP contribution in [-0.4, -0.2) is 24.8 Å². The minimum absolute atomic E-state index is 0.271. The van der Waals surface area contributed by atoms with Crippen molar-refractivity contribution in [1.82, 2.24) is 0 Å². The first kappa shape index (κ1) is 12.4. The molecule has 0 amide bonds. The summed E-state index contributed by atoms with van der Waals surface area (Å²) in [7, 11) is 0. The lowest BCUT2D eigenvalue weighted by atomic mass is 10.1. The maximum Gasteiger partial charge on any atom is 0.0992 e. The van der Waals surface area contributed by atoms with E-state index in [0.717, 1.165) is 36.1 Å². The largest absolute Gasteiger partial charge is 0.396 e. The van der Waals surface area contributed by atoms with Crippen LogP contribution >= 0.6 is 15.9 Å². The van der Waals surface area contributed by atoms with Crippen LogP contribution in [0, 0.1) is 17.2 Å². The fraction of sp³-hybridized carbons (Fsp3) is 0.462. The Labute approximate surface area is 110 Å². The van der Waals surface area contributed by atoms with Gasteiger partial charge in [-0.05, 0) is 52.9 Å². The molecule has 1 fully saturated rings. The molecule has 0 radical (unpaired) electrons. The number of hydrogen-bond acceptors (Lipinski definition) is 3. The van der Waals surface area contributed by atoms with E-state index in [1.54, 1.807) is 0 Å². The third kappa shape index (κ3) is 2.80. The zero-order valence-electron chi connectivity index (χ0n) is 9.56. The molecule has 1 aromatic rings. The fourth-order valence-electron chi connectivity index (χ4n) is 2.30. The first-order chi connectivity index (χ1) is 8.24. The van der Waals surface area contributed by atoms with Crippen molar-refractivity contribution >= 4 is 21.6 Å². The second kappa shape index (κ2) is 5.52. The molecule has 17 heavy (non-hydrogen) atoms. The van der Waals surface area contributed by atoms with Crippen LogP contribution < -0.4 is 4.90 Å². The Balaban J connectivity index is 2.11. The van der Waals surface area contributed by atoms with Crippen LogP contribution in [0.3, 0.4) is 0 Å². The van der Waals surface area contributed by atoms with Gasteiger partial charge in [-0.15, -0.1) is 0 Å². The van der Waals surface area contributed by atoms with E-state index < -0.39 is 0 Å². The van der Waals surface area contributed by atoms with Crippen LogP contribution in [0.15, 0.2) is 22.7 Å². The lowest BCUT2D eigenvalue weighted by Crippen LogP contribution is -2.20. The fourth-order valence-corrected chi connectivity index (χ4v) is 2.93.